The van der Waals surface area contributed by atoms with E-state index in [1.165, 1.54) is 5.56 Å². The van der Waals surface area contributed by atoms with Gasteiger partial charge in [0.05, 0.1) is 0 Å². The Hall–Kier alpha value is -2.55. The third-order valence-electron chi connectivity index (χ3n) is 4.05. The van der Waals surface area contributed by atoms with Gasteiger partial charge < -0.3 is 9.32 Å². The Labute approximate surface area is 130 Å². The molecule has 0 aliphatic carbocycles. The van der Waals surface area contributed by atoms with Gasteiger partial charge in [0.15, 0.2) is 5.76 Å². The van der Waals surface area contributed by atoms with Crippen molar-refractivity contribution in [2.24, 2.45) is 0 Å². The van der Waals surface area contributed by atoms with E-state index in [2.05, 4.69) is 13.0 Å². The molecular weight excluding hydrogens is 274 g/mol. The van der Waals surface area contributed by atoms with Crippen LogP contribution in [0.1, 0.15) is 28.6 Å². The maximum Gasteiger partial charge on any atom is 0.294 e. The zero-order chi connectivity index (χ0) is 15.7. The largest absolute Gasteiger partial charge is 0.451 e. The molecule has 1 amide bonds. The first-order chi connectivity index (χ1) is 10.6. The van der Waals surface area contributed by atoms with Crippen molar-refractivity contribution in [1.29, 1.82) is 0 Å². The fourth-order valence-electron chi connectivity index (χ4n) is 2.61. The third-order valence-corrected chi connectivity index (χ3v) is 4.05. The van der Waals surface area contributed by atoms with Gasteiger partial charge >= 0.3 is 0 Å². The Balaban J connectivity index is 2.02. The topological polar surface area (TPSA) is 33.5 Å². The van der Waals surface area contributed by atoms with Crippen LogP contribution in [0, 0.1) is 6.92 Å². The second kappa shape index (κ2) is 5.68. The molecule has 2 aromatic carbocycles. The molecule has 0 fully saturated rings. The molecule has 0 saturated carbocycles. The number of carbonyl (C=O) groups excluding carboxylic acids is 1. The van der Waals surface area contributed by atoms with Crippen LogP contribution in [0.2, 0.25) is 0 Å². The fourth-order valence-corrected chi connectivity index (χ4v) is 2.61. The van der Waals surface area contributed by atoms with Gasteiger partial charge in [-0.25, -0.2) is 0 Å². The number of nitrogens with zero attached hydrogens (tertiary/aromatic N) is 1. The minimum atomic E-state index is -0.127. The number of hydrogen-bond donors (Lipinski definition) is 0. The lowest BCUT2D eigenvalue weighted by atomic mass is 10.1. The van der Waals surface area contributed by atoms with Crippen molar-refractivity contribution >= 4 is 22.6 Å². The maximum absolute atomic E-state index is 12.7. The number of benzene rings is 2. The summed E-state index contributed by atoms with van der Waals surface area (Å²) in [7, 11) is 1.77. The van der Waals surface area contributed by atoms with Crippen LogP contribution in [0.5, 0.6) is 0 Å². The van der Waals surface area contributed by atoms with E-state index in [-0.39, 0.29) is 5.91 Å². The van der Waals surface area contributed by atoms with E-state index < -0.39 is 0 Å². The average Bonchev–Trinajstić information content (AvgIpc) is 2.90. The molecule has 22 heavy (non-hydrogen) atoms. The number of aryl methyl sites for hydroxylation is 2. The summed E-state index contributed by atoms with van der Waals surface area (Å²) in [5.41, 5.74) is 3.76. The van der Waals surface area contributed by atoms with Crippen LogP contribution in [-0.2, 0) is 6.42 Å². The number of carbonyl (C=O) groups is 1. The summed E-state index contributed by atoms with van der Waals surface area (Å²) < 4.78 is 5.81. The molecule has 0 aliphatic rings. The number of para-hydroxylation sites is 1. The van der Waals surface area contributed by atoms with Crippen molar-refractivity contribution in [2.75, 3.05) is 11.9 Å². The SMILES string of the molecule is CCc1ccc2oc(C(=O)N(C)c3ccccc3)c(C)c2c1. The van der Waals surface area contributed by atoms with E-state index in [0.29, 0.717) is 5.76 Å². The normalized spacial score (nSPS) is 10.9. The number of furan rings is 1. The van der Waals surface area contributed by atoms with Crippen LogP contribution in [0.15, 0.2) is 52.9 Å². The van der Waals surface area contributed by atoms with Gasteiger partial charge in [0.25, 0.3) is 5.91 Å². The lowest BCUT2D eigenvalue weighted by molar-refractivity contribution is 0.0968. The van der Waals surface area contributed by atoms with E-state index in [4.69, 9.17) is 4.42 Å². The molecule has 3 heteroatoms. The molecule has 1 aromatic heterocycles. The maximum atomic E-state index is 12.7. The Kier molecular flexibility index (Phi) is 3.72. The van der Waals surface area contributed by atoms with Crippen LogP contribution in [0.25, 0.3) is 11.0 Å². The minimum absolute atomic E-state index is 0.127. The summed E-state index contributed by atoms with van der Waals surface area (Å²) in [6, 6.07) is 15.7. The lowest BCUT2D eigenvalue weighted by Crippen LogP contribution is -2.26. The second-order valence-corrected chi connectivity index (χ2v) is 5.44. The summed E-state index contributed by atoms with van der Waals surface area (Å²) in [6.45, 7) is 4.06. The number of rotatable bonds is 3. The van der Waals surface area contributed by atoms with Crippen molar-refractivity contribution in [3.8, 4) is 0 Å². The first kappa shape index (κ1) is 14.4. The van der Waals surface area contributed by atoms with Crippen LogP contribution in [0.3, 0.4) is 0 Å². The molecule has 1 heterocycles. The number of amides is 1. The molecule has 0 N–H and O–H groups in total. The zero-order valence-electron chi connectivity index (χ0n) is 13.1. The van der Waals surface area contributed by atoms with Gasteiger partial charge in [-0.1, -0.05) is 31.2 Å². The molecule has 3 nitrogen and oxygen atoms in total. The molecule has 112 valence electrons. The number of fused-ring (bicyclic) bond motifs is 1. The first-order valence-electron chi connectivity index (χ1n) is 7.47. The highest BCUT2D eigenvalue weighted by molar-refractivity contribution is 6.07. The van der Waals surface area contributed by atoms with Crippen LogP contribution >= 0.6 is 0 Å². The van der Waals surface area contributed by atoms with E-state index in [9.17, 15) is 4.79 Å². The van der Waals surface area contributed by atoms with Gasteiger partial charge in [-0.3, -0.25) is 4.79 Å². The van der Waals surface area contributed by atoms with Crippen molar-refractivity contribution in [2.45, 2.75) is 20.3 Å². The summed E-state index contributed by atoms with van der Waals surface area (Å²) in [5, 5.41) is 1.02. The lowest BCUT2D eigenvalue weighted by Gasteiger charge is -2.16. The monoisotopic (exact) mass is 293 g/mol. The Bertz CT molecular complexity index is 818. The molecule has 0 aliphatic heterocycles. The predicted molar refractivity (Wildman–Crippen MR) is 89.5 cm³/mol. The van der Waals surface area contributed by atoms with Crippen LogP contribution < -0.4 is 4.90 Å². The highest BCUT2D eigenvalue weighted by Gasteiger charge is 2.21. The van der Waals surface area contributed by atoms with Crippen molar-refractivity contribution in [1.82, 2.24) is 0 Å². The van der Waals surface area contributed by atoms with Crippen molar-refractivity contribution in [3.63, 3.8) is 0 Å². The van der Waals surface area contributed by atoms with Gasteiger partial charge in [-0.2, -0.15) is 0 Å². The molecular formula is C19H19NO2. The minimum Gasteiger partial charge on any atom is -0.451 e. The Morgan fingerprint density at radius 3 is 2.55 bits per heavy atom. The smallest absolute Gasteiger partial charge is 0.294 e. The number of hydrogen-bond acceptors (Lipinski definition) is 2. The Morgan fingerprint density at radius 2 is 1.86 bits per heavy atom. The molecule has 3 rings (SSSR count). The standard InChI is InChI=1S/C19H19NO2/c1-4-14-10-11-17-16(12-14)13(2)18(22-17)19(21)20(3)15-8-6-5-7-9-15/h5-12H,4H2,1-3H3. The van der Waals surface area contributed by atoms with E-state index >= 15 is 0 Å². The molecule has 3 aromatic rings. The summed E-state index contributed by atoms with van der Waals surface area (Å²) in [5.74, 6) is 0.285. The van der Waals surface area contributed by atoms with Gasteiger partial charge in [-0.05, 0) is 43.2 Å². The molecule has 0 unspecified atom stereocenters. The zero-order valence-corrected chi connectivity index (χ0v) is 13.1. The first-order valence-corrected chi connectivity index (χ1v) is 7.47. The highest BCUT2D eigenvalue weighted by atomic mass is 16.3. The Morgan fingerprint density at radius 1 is 1.14 bits per heavy atom. The van der Waals surface area contributed by atoms with Gasteiger partial charge in [0.2, 0.25) is 0 Å². The van der Waals surface area contributed by atoms with Crippen LogP contribution in [-0.4, -0.2) is 13.0 Å². The average molecular weight is 293 g/mol. The predicted octanol–water partition coefficient (Wildman–Crippen LogP) is 4.58. The van der Waals surface area contributed by atoms with E-state index in [1.807, 2.05) is 49.4 Å². The van der Waals surface area contributed by atoms with Gasteiger partial charge in [0, 0.05) is 23.7 Å². The summed E-state index contributed by atoms with van der Waals surface area (Å²) in [6.07, 6.45) is 0.966. The second-order valence-electron chi connectivity index (χ2n) is 5.44. The highest BCUT2D eigenvalue weighted by Crippen LogP contribution is 2.28. The number of anilines is 1. The molecule has 0 saturated heterocycles. The van der Waals surface area contributed by atoms with Crippen molar-refractivity contribution < 1.29 is 9.21 Å². The van der Waals surface area contributed by atoms with E-state index in [1.54, 1.807) is 11.9 Å². The fraction of sp³-hybridized carbons (Fsp3) is 0.211. The third kappa shape index (κ3) is 2.39. The molecule has 0 spiro atoms. The summed E-state index contributed by atoms with van der Waals surface area (Å²) >= 11 is 0. The molecule has 0 atom stereocenters. The van der Waals surface area contributed by atoms with Gasteiger partial charge in [0.1, 0.15) is 5.58 Å². The van der Waals surface area contributed by atoms with Crippen LogP contribution in [0.4, 0.5) is 5.69 Å². The van der Waals surface area contributed by atoms with E-state index in [0.717, 1.165) is 28.6 Å². The van der Waals surface area contributed by atoms with Crippen molar-refractivity contribution in [3.05, 3.63) is 65.4 Å². The quantitative estimate of drug-likeness (QED) is 0.708. The summed E-state index contributed by atoms with van der Waals surface area (Å²) in [4.78, 5) is 14.3. The van der Waals surface area contributed by atoms with Gasteiger partial charge in [-0.15, -0.1) is 0 Å². The molecule has 0 radical (unpaired) electrons. The molecule has 0 bridgehead atoms.